The molecule has 3 aromatic carbocycles. The molecule has 4 rings (SSSR count). The summed E-state index contributed by atoms with van der Waals surface area (Å²) in [6.07, 6.45) is 0.126. The number of hydrogen-bond acceptors (Lipinski definition) is 4. The summed E-state index contributed by atoms with van der Waals surface area (Å²) in [5.74, 6) is 0. The molecule has 5 nitrogen and oxygen atoms in total. The Bertz CT molecular complexity index is 1050. The molecule has 0 bridgehead atoms. The minimum Gasteiger partial charge on any atom is -0.444 e. The smallest absolute Gasteiger partial charge is 0.414 e. The standard InChI is InChI=1S/C29H35NO4Si/c1-29(2,3)35(24-16-10-6-11-17-24,25-18-12-7-13-19-25)34-27-21-20-26(32-4)30(27)28(31)33-22-23-14-8-5-9-15-23/h5-19,26-27H,20-22H2,1-4H3/t26?,27-/m0/s1. The maximum Gasteiger partial charge on any atom is 0.414 e. The van der Waals surface area contributed by atoms with E-state index >= 15 is 0 Å². The molecule has 1 heterocycles. The number of ether oxygens (including phenoxy) is 2. The number of hydrogen-bond donors (Lipinski definition) is 0. The molecule has 0 radical (unpaired) electrons. The van der Waals surface area contributed by atoms with Crippen molar-refractivity contribution in [1.29, 1.82) is 0 Å². The van der Waals surface area contributed by atoms with Gasteiger partial charge < -0.3 is 13.9 Å². The molecule has 0 spiro atoms. The second-order valence-corrected chi connectivity index (χ2v) is 14.2. The van der Waals surface area contributed by atoms with Crippen LogP contribution in [-0.4, -0.2) is 38.9 Å². The lowest BCUT2D eigenvalue weighted by Crippen LogP contribution is -2.69. The number of amides is 1. The molecule has 0 aromatic heterocycles. The van der Waals surface area contributed by atoms with Gasteiger partial charge in [-0.15, -0.1) is 0 Å². The van der Waals surface area contributed by atoms with Crippen molar-refractivity contribution in [2.75, 3.05) is 7.11 Å². The van der Waals surface area contributed by atoms with Crippen LogP contribution in [0.25, 0.3) is 0 Å². The molecule has 0 saturated carbocycles. The molecule has 1 fully saturated rings. The minimum absolute atomic E-state index is 0.194. The number of carbonyl (C=O) groups is 1. The van der Waals surface area contributed by atoms with Crippen molar-refractivity contribution in [3.05, 3.63) is 96.6 Å². The highest BCUT2D eigenvalue weighted by Gasteiger charge is 2.54. The number of likely N-dealkylation sites (tertiary alicyclic amines) is 1. The van der Waals surface area contributed by atoms with E-state index in [4.69, 9.17) is 13.9 Å². The Morgan fingerprint density at radius 3 is 1.80 bits per heavy atom. The minimum atomic E-state index is -2.84. The van der Waals surface area contributed by atoms with Crippen molar-refractivity contribution < 1.29 is 18.7 Å². The number of carbonyl (C=O) groups excluding carboxylic acids is 1. The van der Waals surface area contributed by atoms with Crippen LogP contribution in [0.1, 0.15) is 39.2 Å². The van der Waals surface area contributed by atoms with E-state index < -0.39 is 20.6 Å². The zero-order valence-corrected chi connectivity index (χ0v) is 22.0. The van der Waals surface area contributed by atoms with Gasteiger partial charge in [0.1, 0.15) is 19.1 Å². The van der Waals surface area contributed by atoms with Crippen LogP contribution in [0, 0.1) is 0 Å². The number of rotatable bonds is 7. The van der Waals surface area contributed by atoms with E-state index in [0.717, 1.165) is 5.56 Å². The highest BCUT2D eigenvalue weighted by atomic mass is 28.4. The SMILES string of the molecule is COC1CC[C@H](O[Si](c2ccccc2)(c2ccccc2)C(C)(C)C)N1C(=O)OCc1ccccc1. The van der Waals surface area contributed by atoms with Gasteiger partial charge in [0.05, 0.1) is 0 Å². The van der Waals surface area contributed by atoms with E-state index in [-0.39, 0.29) is 17.9 Å². The Balaban J connectivity index is 1.70. The van der Waals surface area contributed by atoms with E-state index in [1.807, 2.05) is 42.5 Å². The normalized spacial score (nSPS) is 18.5. The van der Waals surface area contributed by atoms with Crippen LogP contribution in [0.2, 0.25) is 5.04 Å². The van der Waals surface area contributed by atoms with Gasteiger partial charge >= 0.3 is 6.09 Å². The van der Waals surface area contributed by atoms with Crippen LogP contribution in [-0.2, 0) is 20.5 Å². The average Bonchev–Trinajstić information content (AvgIpc) is 3.29. The summed E-state index contributed by atoms with van der Waals surface area (Å²) in [7, 11) is -1.20. The van der Waals surface area contributed by atoms with Crippen LogP contribution in [0.4, 0.5) is 4.79 Å². The van der Waals surface area contributed by atoms with Gasteiger partial charge in [0.25, 0.3) is 8.32 Å². The molecule has 35 heavy (non-hydrogen) atoms. The van der Waals surface area contributed by atoms with Crippen LogP contribution in [0.3, 0.4) is 0 Å². The van der Waals surface area contributed by atoms with Crippen LogP contribution < -0.4 is 10.4 Å². The summed E-state index contributed by atoms with van der Waals surface area (Å²) >= 11 is 0. The zero-order valence-electron chi connectivity index (χ0n) is 21.0. The summed E-state index contributed by atoms with van der Waals surface area (Å²) in [5, 5.41) is 2.16. The van der Waals surface area contributed by atoms with E-state index in [2.05, 4.69) is 69.3 Å². The Hall–Kier alpha value is -2.93. The molecular formula is C29H35NO4Si. The topological polar surface area (TPSA) is 48.0 Å². The molecule has 1 amide bonds. The fourth-order valence-corrected chi connectivity index (χ4v) is 9.67. The van der Waals surface area contributed by atoms with E-state index in [1.54, 1.807) is 12.0 Å². The lowest BCUT2D eigenvalue weighted by molar-refractivity contribution is -0.0589. The molecular weight excluding hydrogens is 454 g/mol. The summed E-state index contributed by atoms with van der Waals surface area (Å²) in [6, 6.07) is 30.6. The molecule has 184 valence electrons. The van der Waals surface area contributed by atoms with E-state index in [9.17, 15) is 4.79 Å². The van der Waals surface area contributed by atoms with Gasteiger partial charge in [-0.25, -0.2) is 4.79 Å². The van der Waals surface area contributed by atoms with Crippen molar-refractivity contribution in [3.8, 4) is 0 Å². The van der Waals surface area contributed by atoms with Crippen molar-refractivity contribution >= 4 is 24.8 Å². The number of methoxy groups -OCH3 is 1. The number of benzene rings is 3. The van der Waals surface area contributed by atoms with Crippen molar-refractivity contribution in [2.24, 2.45) is 0 Å². The lowest BCUT2D eigenvalue weighted by Gasteiger charge is -2.46. The second-order valence-electron chi connectivity index (χ2n) is 9.95. The van der Waals surface area contributed by atoms with Crippen molar-refractivity contribution in [3.63, 3.8) is 0 Å². The first kappa shape index (κ1) is 25.2. The molecule has 0 aliphatic carbocycles. The fourth-order valence-electron chi connectivity index (χ4n) is 5.02. The van der Waals surface area contributed by atoms with Gasteiger partial charge in [0.2, 0.25) is 0 Å². The third kappa shape index (κ3) is 5.20. The first-order chi connectivity index (χ1) is 16.9. The molecule has 0 N–H and O–H groups in total. The van der Waals surface area contributed by atoms with Gasteiger partial charge in [-0.05, 0) is 33.8 Å². The van der Waals surface area contributed by atoms with Gasteiger partial charge in [0, 0.05) is 7.11 Å². The highest BCUT2D eigenvalue weighted by molar-refractivity contribution is 6.99. The largest absolute Gasteiger partial charge is 0.444 e. The van der Waals surface area contributed by atoms with E-state index in [1.165, 1.54) is 10.4 Å². The van der Waals surface area contributed by atoms with Gasteiger partial charge in [0.15, 0.2) is 0 Å². The summed E-state index contributed by atoms with van der Waals surface area (Å²) in [6.45, 7) is 6.92. The monoisotopic (exact) mass is 489 g/mol. The zero-order chi connectivity index (χ0) is 24.9. The molecule has 2 atom stereocenters. The third-order valence-electron chi connectivity index (χ3n) is 6.70. The number of nitrogens with zero attached hydrogens (tertiary/aromatic N) is 1. The van der Waals surface area contributed by atoms with Crippen LogP contribution >= 0.6 is 0 Å². The van der Waals surface area contributed by atoms with E-state index in [0.29, 0.717) is 12.8 Å². The molecule has 6 heteroatoms. The second kappa shape index (κ2) is 10.8. The first-order valence-corrected chi connectivity index (χ1v) is 14.1. The Morgan fingerprint density at radius 1 is 0.829 bits per heavy atom. The maximum atomic E-state index is 13.4. The summed E-state index contributed by atoms with van der Waals surface area (Å²) < 4.78 is 18.7. The van der Waals surface area contributed by atoms with Crippen LogP contribution in [0.15, 0.2) is 91.0 Å². The predicted molar refractivity (Wildman–Crippen MR) is 141 cm³/mol. The van der Waals surface area contributed by atoms with Gasteiger partial charge in [-0.1, -0.05) is 112 Å². The Morgan fingerprint density at radius 2 is 1.31 bits per heavy atom. The van der Waals surface area contributed by atoms with Crippen LogP contribution in [0.5, 0.6) is 0 Å². The predicted octanol–water partition coefficient (Wildman–Crippen LogP) is 5.29. The molecule has 1 unspecified atom stereocenters. The summed E-state index contributed by atoms with van der Waals surface area (Å²) in [4.78, 5) is 15.0. The molecule has 1 aliphatic rings. The van der Waals surface area contributed by atoms with Gasteiger partial charge in [-0.2, -0.15) is 0 Å². The average molecular weight is 490 g/mol. The van der Waals surface area contributed by atoms with Crippen molar-refractivity contribution in [2.45, 2.75) is 57.7 Å². The maximum absolute atomic E-state index is 13.4. The fraction of sp³-hybridized carbons (Fsp3) is 0.345. The Labute approximate surface area is 209 Å². The van der Waals surface area contributed by atoms with Crippen molar-refractivity contribution in [1.82, 2.24) is 4.90 Å². The molecule has 1 saturated heterocycles. The first-order valence-electron chi connectivity index (χ1n) is 12.2. The highest BCUT2D eigenvalue weighted by Crippen LogP contribution is 2.40. The lowest BCUT2D eigenvalue weighted by atomic mass is 10.2. The molecule has 3 aromatic rings. The third-order valence-corrected chi connectivity index (χ3v) is 11.7. The summed E-state index contributed by atoms with van der Waals surface area (Å²) in [5.41, 5.74) is 0.943. The molecule has 1 aliphatic heterocycles. The Kier molecular flexibility index (Phi) is 7.74. The quantitative estimate of drug-likeness (QED) is 0.423. The van der Waals surface area contributed by atoms with Gasteiger partial charge in [-0.3, -0.25) is 4.90 Å².